The molecule has 0 aliphatic carbocycles. The van der Waals surface area contributed by atoms with Crippen LogP contribution >= 0.6 is 11.6 Å². The second-order valence-electron chi connectivity index (χ2n) is 6.22. The molecule has 0 spiro atoms. The summed E-state index contributed by atoms with van der Waals surface area (Å²) in [5.74, 6) is 2.42. The van der Waals surface area contributed by atoms with Crippen molar-refractivity contribution in [1.29, 1.82) is 0 Å². The Hall–Kier alpha value is -1.54. The maximum atomic E-state index is 10.7. The number of carboxylic acids is 1. The number of halogens is 1. The fourth-order valence-electron chi connectivity index (χ4n) is 1.67. The first-order chi connectivity index (χ1) is 10.2. The Morgan fingerprint density at radius 2 is 1.91 bits per heavy atom. The Bertz CT molecular complexity index is 606. The van der Waals surface area contributed by atoms with E-state index < -0.39 is 14.0 Å². The first-order valence-electron chi connectivity index (χ1n) is 7.07. The zero-order valence-electron chi connectivity index (χ0n) is 13.5. The largest absolute Gasteiger partial charge is 0.480 e. The van der Waals surface area contributed by atoms with E-state index in [1.54, 1.807) is 11.9 Å². The van der Waals surface area contributed by atoms with Gasteiger partial charge in [-0.1, -0.05) is 55.4 Å². The molecule has 1 rings (SSSR count). The van der Waals surface area contributed by atoms with Crippen molar-refractivity contribution in [3.63, 3.8) is 0 Å². The van der Waals surface area contributed by atoms with Gasteiger partial charge in [-0.25, -0.2) is 0 Å². The van der Waals surface area contributed by atoms with Crippen LogP contribution in [0.1, 0.15) is 5.56 Å². The van der Waals surface area contributed by atoms with Crippen molar-refractivity contribution in [2.75, 3.05) is 20.1 Å². The molecular formula is C17H22ClNO2Si. The molecule has 0 fully saturated rings. The summed E-state index contributed by atoms with van der Waals surface area (Å²) in [6, 6.07) is 7.54. The molecule has 0 aliphatic heterocycles. The molecule has 0 radical (unpaired) electrons. The minimum Gasteiger partial charge on any atom is -0.480 e. The van der Waals surface area contributed by atoms with Gasteiger partial charge in [0.05, 0.1) is 6.54 Å². The van der Waals surface area contributed by atoms with Crippen molar-refractivity contribution in [1.82, 2.24) is 4.90 Å². The van der Waals surface area contributed by atoms with Crippen molar-refractivity contribution >= 4 is 31.2 Å². The first kappa shape index (κ1) is 18.5. The van der Waals surface area contributed by atoms with Gasteiger partial charge in [-0.05, 0) is 24.7 Å². The molecule has 5 heteroatoms. The molecule has 22 heavy (non-hydrogen) atoms. The number of carboxylic acid groups (broad SMARTS) is 1. The van der Waals surface area contributed by atoms with Crippen LogP contribution in [0.2, 0.25) is 24.7 Å². The second kappa shape index (κ2) is 8.18. The molecule has 0 saturated carbocycles. The minimum absolute atomic E-state index is 0.00580. The highest BCUT2D eigenvalue weighted by molar-refractivity contribution is 6.84. The van der Waals surface area contributed by atoms with Crippen molar-refractivity contribution in [3.8, 4) is 11.5 Å². The number of likely N-dealkylation sites (N-methyl/N-ethyl adjacent to an activating group) is 1. The van der Waals surface area contributed by atoms with Gasteiger partial charge in [0.2, 0.25) is 0 Å². The maximum Gasteiger partial charge on any atom is 0.317 e. The number of hydrogen-bond donors (Lipinski definition) is 1. The van der Waals surface area contributed by atoms with Gasteiger partial charge in [0.25, 0.3) is 0 Å². The van der Waals surface area contributed by atoms with Crippen LogP contribution in [-0.2, 0) is 4.79 Å². The predicted octanol–water partition coefficient (Wildman–Crippen LogP) is 3.62. The van der Waals surface area contributed by atoms with E-state index >= 15 is 0 Å². The Balaban J connectivity index is 3.02. The molecule has 1 N–H and O–H groups in total. The van der Waals surface area contributed by atoms with Crippen LogP contribution in [0, 0.1) is 11.5 Å². The first-order valence-corrected chi connectivity index (χ1v) is 10.9. The van der Waals surface area contributed by atoms with Gasteiger partial charge >= 0.3 is 5.97 Å². The number of carbonyl (C=O) groups is 1. The number of allylic oxidation sites excluding steroid dienone is 1. The molecule has 0 heterocycles. The van der Waals surface area contributed by atoms with E-state index in [2.05, 4.69) is 31.1 Å². The molecule has 3 nitrogen and oxygen atoms in total. The molecule has 0 bridgehead atoms. The lowest BCUT2D eigenvalue weighted by Crippen LogP contribution is -2.25. The van der Waals surface area contributed by atoms with Gasteiger partial charge in [0.1, 0.15) is 8.07 Å². The van der Waals surface area contributed by atoms with Gasteiger partial charge in [-0.3, -0.25) is 9.69 Å². The quantitative estimate of drug-likeness (QED) is 0.660. The van der Waals surface area contributed by atoms with E-state index in [1.807, 2.05) is 30.3 Å². The van der Waals surface area contributed by atoms with Gasteiger partial charge in [-0.2, -0.15) is 0 Å². The van der Waals surface area contributed by atoms with Crippen LogP contribution in [0.25, 0.3) is 5.57 Å². The van der Waals surface area contributed by atoms with Crippen LogP contribution in [0.5, 0.6) is 0 Å². The van der Waals surface area contributed by atoms with E-state index in [0.29, 0.717) is 11.6 Å². The number of aliphatic carboxylic acids is 1. The topological polar surface area (TPSA) is 40.5 Å². The summed E-state index contributed by atoms with van der Waals surface area (Å²) in [4.78, 5) is 12.5. The Morgan fingerprint density at radius 1 is 1.32 bits per heavy atom. The number of hydrogen-bond acceptors (Lipinski definition) is 2. The van der Waals surface area contributed by atoms with E-state index in [1.165, 1.54) is 0 Å². The Kier molecular flexibility index (Phi) is 6.88. The number of rotatable bonds is 5. The number of benzene rings is 1. The summed E-state index contributed by atoms with van der Waals surface area (Å²) in [6.45, 7) is 7.11. The van der Waals surface area contributed by atoms with Crippen molar-refractivity contribution in [2.24, 2.45) is 0 Å². The van der Waals surface area contributed by atoms with Gasteiger partial charge < -0.3 is 5.11 Å². The number of nitrogens with zero attached hydrogens (tertiary/aromatic N) is 1. The zero-order valence-corrected chi connectivity index (χ0v) is 15.2. The van der Waals surface area contributed by atoms with Crippen LogP contribution < -0.4 is 0 Å². The smallest absolute Gasteiger partial charge is 0.317 e. The molecule has 0 aromatic heterocycles. The molecule has 1 aromatic rings. The molecule has 0 saturated heterocycles. The fourth-order valence-corrected chi connectivity index (χ4v) is 2.30. The molecule has 0 amide bonds. The minimum atomic E-state index is -1.48. The molecule has 0 unspecified atom stereocenters. The van der Waals surface area contributed by atoms with Gasteiger partial charge in [-0.15, -0.1) is 5.54 Å². The monoisotopic (exact) mass is 335 g/mol. The van der Waals surface area contributed by atoms with Crippen LogP contribution in [0.15, 0.2) is 30.3 Å². The molecule has 1 aromatic carbocycles. The Labute approximate surface area is 138 Å². The van der Waals surface area contributed by atoms with Crippen molar-refractivity contribution in [2.45, 2.75) is 19.6 Å². The van der Waals surface area contributed by atoms with E-state index in [4.69, 9.17) is 16.7 Å². The summed E-state index contributed by atoms with van der Waals surface area (Å²) < 4.78 is 0. The average Bonchev–Trinajstić information content (AvgIpc) is 2.38. The second-order valence-corrected chi connectivity index (χ2v) is 11.4. The maximum absolute atomic E-state index is 10.7. The normalized spacial score (nSPS) is 12.0. The van der Waals surface area contributed by atoms with Crippen molar-refractivity contribution < 1.29 is 9.90 Å². The van der Waals surface area contributed by atoms with Crippen LogP contribution in [0.3, 0.4) is 0 Å². The SMILES string of the molecule is CN(C/C=C(/C#C[Si](C)(C)C)c1ccc(Cl)cc1)CC(=O)O. The lowest BCUT2D eigenvalue weighted by atomic mass is 10.1. The molecular weight excluding hydrogens is 314 g/mol. The lowest BCUT2D eigenvalue weighted by molar-refractivity contribution is -0.137. The van der Waals surface area contributed by atoms with Crippen molar-refractivity contribution in [3.05, 3.63) is 40.9 Å². The molecule has 118 valence electrons. The average molecular weight is 336 g/mol. The summed E-state index contributed by atoms with van der Waals surface area (Å²) in [6.07, 6.45) is 1.97. The van der Waals surface area contributed by atoms with E-state index in [9.17, 15) is 4.79 Å². The van der Waals surface area contributed by atoms with E-state index in [-0.39, 0.29) is 6.54 Å². The molecule has 0 atom stereocenters. The van der Waals surface area contributed by atoms with Gasteiger partial charge in [0, 0.05) is 17.1 Å². The highest BCUT2D eigenvalue weighted by atomic mass is 35.5. The zero-order chi connectivity index (χ0) is 16.8. The molecule has 0 aliphatic rings. The third kappa shape index (κ3) is 7.46. The summed E-state index contributed by atoms with van der Waals surface area (Å²) in [5.41, 5.74) is 5.26. The Morgan fingerprint density at radius 3 is 2.41 bits per heavy atom. The standard InChI is InChI=1S/C17H22ClNO2Si/c1-19(13-17(20)21)11-9-15(10-12-22(2,3)4)14-5-7-16(18)8-6-14/h5-9H,11,13H2,1-4H3,(H,20,21)/b15-9-. The summed E-state index contributed by atoms with van der Waals surface area (Å²) in [5, 5.41) is 9.49. The van der Waals surface area contributed by atoms with E-state index in [0.717, 1.165) is 11.1 Å². The fraction of sp³-hybridized carbons (Fsp3) is 0.353. The van der Waals surface area contributed by atoms with Crippen LogP contribution in [0.4, 0.5) is 0 Å². The lowest BCUT2D eigenvalue weighted by Gasteiger charge is -2.12. The third-order valence-electron chi connectivity index (χ3n) is 2.74. The highest BCUT2D eigenvalue weighted by Crippen LogP contribution is 2.17. The highest BCUT2D eigenvalue weighted by Gasteiger charge is 2.09. The summed E-state index contributed by atoms with van der Waals surface area (Å²) in [7, 11) is 0.292. The van der Waals surface area contributed by atoms with Crippen LogP contribution in [-0.4, -0.2) is 44.2 Å². The third-order valence-corrected chi connectivity index (χ3v) is 3.87. The van der Waals surface area contributed by atoms with Gasteiger partial charge in [0.15, 0.2) is 0 Å². The summed E-state index contributed by atoms with van der Waals surface area (Å²) >= 11 is 5.93. The predicted molar refractivity (Wildman–Crippen MR) is 95.7 cm³/mol.